The smallest absolute Gasteiger partial charge is 0.333 e. The lowest BCUT2D eigenvalue weighted by molar-refractivity contribution is -0.149. The van der Waals surface area contributed by atoms with Crippen molar-refractivity contribution in [1.29, 1.82) is 5.26 Å². The number of esters is 1. The number of nitriles is 1. The molecule has 1 aliphatic heterocycles. The maximum absolute atomic E-state index is 14.6. The molecule has 5 rings (SSSR count). The number of nitrogens with zero attached hydrogens (tertiary/aromatic N) is 2. The molecule has 0 radical (unpaired) electrons. The number of anilines is 1. The van der Waals surface area contributed by atoms with Gasteiger partial charge in [0, 0.05) is 26.9 Å². The van der Waals surface area contributed by atoms with E-state index in [1.165, 1.54) is 0 Å². The summed E-state index contributed by atoms with van der Waals surface area (Å²) in [5.74, 6) is -0.552. The molecule has 0 bridgehead atoms. The summed E-state index contributed by atoms with van der Waals surface area (Å²) in [5, 5.41) is 12.0. The van der Waals surface area contributed by atoms with Crippen molar-refractivity contribution in [3.63, 3.8) is 0 Å². The number of rotatable bonds is 8. The van der Waals surface area contributed by atoms with E-state index < -0.39 is 17.4 Å². The van der Waals surface area contributed by atoms with Gasteiger partial charge in [-0.15, -0.1) is 0 Å². The minimum atomic E-state index is -1.95. The molecular weight excluding hydrogens is 571 g/mol. The molecule has 0 saturated carbocycles. The minimum absolute atomic E-state index is 0.0390. The molecule has 210 valence electrons. The molecule has 4 aromatic rings. The normalized spacial score (nSPS) is 18.0. The molecule has 2 atom stereocenters. The average Bonchev–Trinajstić information content (AvgIpc) is 3.34. The fourth-order valence-electron chi connectivity index (χ4n) is 5.38. The second-order valence-corrected chi connectivity index (χ2v) is 10.5. The monoisotopic (exact) mass is 596 g/mol. The molecule has 1 heterocycles. The molecule has 0 fully saturated rings. The third-order valence-corrected chi connectivity index (χ3v) is 7.74. The van der Waals surface area contributed by atoms with E-state index in [9.17, 15) is 14.9 Å². The van der Waals surface area contributed by atoms with Crippen molar-refractivity contribution in [2.45, 2.75) is 13.0 Å². The van der Waals surface area contributed by atoms with Crippen LogP contribution in [-0.4, -0.2) is 25.5 Å². The number of carbonyl (C=O) groups is 2. The SMILES string of the molecule is CCOC(=O)[C@]1(C#N)C(c2ccc(Cl)cc2)=C(C(=O)c2ccc(Cl)cc2)N(c2ccccc2)[C@H]1c1ccc(OC)cc1. The van der Waals surface area contributed by atoms with Crippen LogP contribution in [0.1, 0.15) is 34.5 Å². The molecule has 0 saturated heterocycles. The molecule has 0 unspecified atom stereocenters. The quantitative estimate of drug-likeness (QED) is 0.152. The largest absolute Gasteiger partial charge is 0.497 e. The highest BCUT2D eigenvalue weighted by molar-refractivity contribution is 6.31. The van der Waals surface area contributed by atoms with E-state index in [0.29, 0.717) is 38.2 Å². The van der Waals surface area contributed by atoms with Crippen molar-refractivity contribution in [1.82, 2.24) is 0 Å². The number of ether oxygens (including phenoxy) is 2. The van der Waals surface area contributed by atoms with Gasteiger partial charge in [0.05, 0.1) is 31.5 Å². The maximum Gasteiger partial charge on any atom is 0.333 e. The Morgan fingerprint density at radius 2 is 1.48 bits per heavy atom. The van der Waals surface area contributed by atoms with Gasteiger partial charge in [-0.05, 0) is 78.7 Å². The molecule has 0 aromatic heterocycles. The highest BCUT2D eigenvalue weighted by Gasteiger charge is 2.62. The number of hydrogen-bond acceptors (Lipinski definition) is 6. The minimum Gasteiger partial charge on any atom is -0.497 e. The highest BCUT2D eigenvalue weighted by Crippen LogP contribution is 2.59. The summed E-state index contributed by atoms with van der Waals surface area (Å²) in [7, 11) is 1.56. The Morgan fingerprint density at radius 1 is 0.881 bits per heavy atom. The highest BCUT2D eigenvalue weighted by atomic mass is 35.5. The van der Waals surface area contributed by atoms with E-state index in [0.717, 1.165) is 0 Å². The van der Waals surface area contributed by atoms with Gasteiger partial charge in [0.2, 0.25) is 11.2 Å². The number of allylic oxidation sites excluding steroid dienone is 1. The molecule has 0 amide bonds. The summed E-state index contributed by atoms with van der Waals surface area (Å²) in [6.45, 7) is 1.72. The van der Waals surface area contributed by atoms with Gasteiger partial charge in [0.25, 0.3) is 0 Å². The van der Waals surface area contributed by atoms with Gasteiger partial charge in [-0.3, -0.25) is 4.79 Å². The van der Waals surface area contributed by atoms with E-state index in [1.54, 1.807) is 91.7 Å². The van der Waals surface area contributed by atoms with E-state index in [4.69, 9.17) is 32.7 Å². The Balaban J connectivity index is 1.93. The third kappa shape index (κ3) is 5.02. The van der Waals surface area contributed by atoms with E-state index in [1.807, 2.05) is 30.3 Å². The van der Waals surface area contributed by atoms with Crippen LogP contribution in [-0.2, 0) is 9.53 Å². The molecule has 8 heteroatoms. The van der Waals surface area contributed by atoms with Gasteiger partial charge in [-0.1, -0.05) is 65.7 Å². The van der Waals surface area contributed by atoms with Crippen LogP contribution < -0.4 is 9.64 Å². The number of halogens is 2. The summed E-state index contributed by atoms with van der Waals surface area (Å²) >= 11 is 12.4. The predicted molar refractivity (Wildman–Crippen MR) is 163 cm³/mol. The van der Waals surface area contributed by atoms with Crippen LogP contribution in [0.25, 0.3) is 5.57 Å². The van der Waals surface area contributed by atoms with Crippen LogP contribution in [0, 0.1) is 16.7 Å². The zero-order valence-corrected chi connectivity index (χ0v) is 24.4. The van der Waals surface area contributed by atoms with Crippen molar-refractivity contribution in [2.24, 2.45) is 5.41 Å². The Bertz CT molecular complexity index is 1680. The molecule has 1 aliphatic rings. The zero-order chi connectivity index (χ0) is 29.9. The zero-order valence-electron chi connectivity index (χ0n) is 22.9. The lowest BCUT2D eigenvalue weighted by Gasteiger charge is -2.35. The fraction of sp³-hybridized carbons (Fsp3) is 0.147. The molecule has 42 heavy (non-hydrogen) atoms. The number of hydrogen-bond donors (Lipinski definition) is 0. The van der Waals surface area contributed by atoms with Crippen LogP contribution in [0.5, 0.6) is 5.75 Å². The van der Waals surface area contributed by atoms with Crippen molar-refractivity contribution in [3.05, 3.63) is 136 Å². The third-order valence-electron chi connectivity index (χ3n) is 7.23. The van der Waals surface area contributed by atoms with Crippen LogP contribution in [0.15, 0.2) is 109 Å². The van der Waals surface area contributed by atoms with Gasteiger partial charge < -0.3 is 14.4 Å². The number of benzene rings is 4. The summed E-state index contributed by atoms with van der Waals surface area (Å²) in [5.41, 5.74) is 0.497. The predicted octanol–water partition coefficient (Wildman–Crippen LogP) is 7.93. The van der Waals surface area contributed by atoms with Gasteiger partial charge in [-0.2, -0.15) is 5.26 Å². The lowest BCUT2D eigenvalue weighted by Crippen LogP contribution is -2.41. The van der Waals surface area contributed by atoms with Crippen molar-refractivity contribution >= 4 is 46.2 Å². The first-order valence-corrected chi connectivity index (χ1v) is 14.0. The number of ketones is 1. The average molecular weight is 597 g/mol. The molecule has 0 N–H and O–H groups in total. The van der Waals surface area contributed by atoms with Crippen LogP contribution >= 0.6 is 23.2 Å². The van der Waals surface area contributed by atoms with Gasteiger partial charge in [0.1, 0.15) is 5.75 Å². The first-order valence-electron chi connectivity index (χ1n) is 13.2. The number of para-hydroxylation sites is 1. The molecular formula is C34H26Cl2N2O4. The van der Waals surface area contributed by atoms with Gasteiger partial charge in [0.15, 0.2) is 0 Å². The maximum atomic E-state index is 14.6. The summed E-state index contributed by atoms with van der Waals surface area (Å²) < 4.78 is 11.0. The topological polar surface area (TPSA) is 79.6 Å². The van der Waals surface area contributed by atoms with Crippen molar-refractivity contribution < 1.29 is 19.1 Å². The van der Waals surface area contributed by atoms with Crippen LogP contribution in [0.4, 0.5) is 5.69 Å². The van der Waals surface area contributed by atoms with E-state index in [2.05, 4.69) is 6.07 Å². The molecule has 4 aromatic carbocycles. The first kappa shape index (κ1) is 28.9. The Kier molecular flexibility index (Phi) is 8.35. The standard InChI is InChI=1S/C34H26Cl2N2O4/c1-3-42-33(40)34(21-37)29(22-9-15-25(35)16-10-22)30(31(39)23-11-17-26(36)18-12-23)38(27-7-5-4-6-8-27)32(34)24-13-19-28(41-2)20-14-24/h4-20,32H,3H2,1-2H3/t32-,34+/m0/s1. The van der Waals surface area contributed by atoms with Gasteiger partial charge >= 0.3 is 5.97 Å². The second kappa shape index (κ2) is 12.1. The van der Waals surface area contributed by atoms with Gasteiger partial charge in [-0.25, -0.2) is 4.79 Å². The Morgan fingerprint density at radius 3 is 2.02 bits per heavy atom. The molecule has 0 spiro atoms. The van der Waals surface area contributed by atoms with Crippen molar-refractivity contribution in [2.75, 3.05) is 18.6 Å². The van der Waals surface area contributed by atoms with Crippen LogP contribution in [0.2, 0.25) is 10.0 Å². The summed E-state index contributed by atoms with van der Waals surface area (Å²) in [6.07, 6.45) is 0. The molecule has 6 nitrogen and oxygen atoms in total. The number of Topliss-reactive ketones (excluding diaryl/α,β-unsaturated/α-hetero) is 1. The molecule has 0 aliphatic carbocycles. The second-order valence-electron chi connectivity index (χ2n) is 9.59. The lowest BCUT2D eigenvalue weighted by atomic mass is 9.71. The van der Waals surface area contributed by atoms with E-state index >= 15 is 0 Å². The Labute approximate surface area is 254 Å². The summed E-state index contributed by atoms with van der Waals surface area (Å²) in [6, 6.07) is 30.9. The first-order chi connectivity index (χ1) is 20.3. The number of methoxy groups -OCH3 is 1. The van der Waals surface area contributed by atoms with Crippen molar-refractivity contribution in [3.8, 4) is 11.8 Å². The van der Waals surface area contributed by atoms with E-state index in [-0.39, 0.29) is 23.7 Å². The Hall–Kier alpha value is -4.57. The summed E-state index contributed by atoms with van der Waals surface area (Å²) in [4.78, 5) is 30.6. The van der Waals surface area contributed by atoms with Crippen LogP contribution in [0.3, 0.4) is 0 Å². The number of carbonyl (C=O) groups excluding carboxylic acids is 2. The fourth-order valence-corrected chi connectivity index (χ4v) is 5.63.